The van der Waals surface area contributed by atoms with Gasteiger partial charge in [0.2, 0.25) is 5.91 Å². The molecule has 5 rings (SSSR count). The number of aryl methyl sites for hydroxylation is 1. The van der Waals surface area contributed by atoms with Crippen LogP contribution in [0.4, 0.5) is 5.69 Å². The van der Waals surface area contributed by atoms with Gasteiger partial charge in [0.05, 0.1) is 41.0 Å². The summed E-state index contributed by atoms with van der Waals surface area (Å²) in [7, 11) is -2.97. The van der Waals surface area contributed by atoms with Crippen LogP contribution in [0.3, 0.4) is 0 Å². The highest BCUT2D eigenvalue weighted by atomic mass is 32.2. The maximum absolute atomic E-state index is 12.9. The highest BCUT2D eigenvalue weighted by Gasteiger charge is 2.33. The van der Waals surface area contributed by atoms with Crippen LogP contribution in [0.1, 0.15) is 29.5 Å². The number of aromatic nitrogens is 3. The fourth-order valence-electron chi connectivity index (χ4n) is 4.94. The SMILES string of the molecule is Cc1nn(C2CCS(=O)(=O)C2)c(C)c1N1CCN(C(=O)Cc2noc3ccccc23)CC1. The van der Waals surface area contributed by atoms with Crippen LogP contribution in [-0.4, -0.2) is 71.8 Å². The molecule has 0 spiro atoms. The number of rotatable bonds is 4. The maximum atomic E-state index is 12.9. The minimum atomic E-state index is -2.97. The Balaban J connectivity index is 1.25. The Bertz CT molecular complexity index is 1270. The molecule has 2 saturated heterocycles. The molecule has 0 radical (unpaired) electrons. The van der Waals surface area contributed by atoms with Crippen LogP contribution in [0.5, 0.6) is 0 Å². The monoisotopic (exact) mass is 457 g/mol. The Hall–Kier alpha value is -2.88. The van der Waals surface area contributed by atoms with Crippen molar-refractivity contribution in [3.8, 4) is 0 Å². The Morgan fingerprint density at radius 2 is 1.91 bits per heavy atom. The van der Waals surface area contributed by atoms with Gasteiger partial charge in [-0.1, -0.05) is 17.3 Å². The number of amides is 1. The molecule has 0 aliphatic carbocycles. The van der Waals surface area contributed by atoms with Crippen LogP contribution >= 0.6 is 0 Å². The lowest BCUT2D eigenvalue weighted by atomic mass is 10.1. The second-order valence-electron chi connectivity index (χ2n) is 8.69. The first-order valence-electron chi connectivity index (χ1n) is 10.9. The molecule has 2 aliphatic heterocycles. The van der Waals surface area contributed by atoms with Crippen molar-refractivity contribution < 1.29 is 17.7 Å². The first-order valence-corrected chi connectivity index (χ1v) is 12.8. The topological polar surface area (TPSA) is 102 Å². The summed E-state index contributed by atoms with van der Waals surface area (Å²) >= 11 is 0. The molecular weight excluding hydrogens is 430 g/mol. The minimum absolute atomic E-state index is 0.0454. The van der Waals surface area contributed by atoms with Gasteiger partial charge in [-0.15, -0.1) is 0 Å². The molecule has 170 valence electrons. The number of fused-ring (bicyclic) bond motifs is 1. The normalized spacial score (nSPS) is 20.9. The van der Waals surface area contributed by atoms with E-state index >= 15 is 0 Å². The van der Waals surface area contributed by atoms with E-state index in [1.54, 1.807) is 0 Å². The van der Waals surface area contributed by atoms with E-state index in [9.17, 15) is 13.2 Å². The molecular formula is C22H27N5O4S. The standard InChI is InChI=1S/C22H27N5O4S/c1-15-22(16(2)27(23-15)17-7-12-32(29,30)14-17)26-10-8-25(9-11-26)21(28)13-19-18-5-3-4-6-20(18)31-24-19/h3-6,17H,7-14H2,1-2H3. The molecule has 1 aromatic carbocycles. The molecule has 0 N–H and O–H groups in total. The third kappa shape index (κ3) is 3.76. The van der Waals surface area contributed by atoms with Gasteiger partial charge in [-0.25, -0.2) is 8.42 Å². The van der Waals surface area contributed by atoms with Crippen LogP contribution in [0, 0.1) is 13.8 Å². The summed E-state index contributed by atoms with van der Waals surface area (Å²) in [5, 5.41) is 9.64. The van der Waals surface area contributed by atoms with Gasteiger partial charge < -0.3 is 14.3 Å². The molecule has 10 heteroatoms. The summed E-state index contributed by atoms with van der Waals surface area (Å²) in [4.78, 5) is 17.0. The number of anilines is 1. The van der Waals surface area contributed by atoms with E-state index < -0.39 is 9.84 Å². The molecule has 4 heterocycles. The van der Waals surface area contributed by atoms with Crippen LogP contribution < -0.4 is 4.90 Å². The Kier molecular flexibility index (Phi) is 5.19. The molecule has 9 nitrogen and oxygen atoms in total. The molecule has 32 heavy (non-hydrogen) atoms. The number of carbonyl (C=O) groups is 1. The van der Waals surface area contributed by atoms with Crippen LogP contribution in [0.15, 0.2) is 28.8 Å². The highest BCUT2D eigenvalue weighted by molar-refractivity contribution is 7.91. The first-order chi connectivity index (χ1) is 15.3. The maximum Gasteiger partial charge on any atom is 0.228 e. The van der Waals surface area contributed by atoms with Crippen molar-refractivity contribution in [3.63, 3.8) is 0 Å². The lowest BCUT2D eigenvalue weighted by molar-refractivity contribution is -0.130. The zero-order valence-corrected chi connectivity index (χ0v) is 19.1. The number of benzene rings is 1. The molecule has 0 bridgehead atoms. The molecule has 2 fully saturated rings. The molecule has 1 unspecified atom stereocenters. The van der Waals surface area contributed by atoms with Crippen molar-refractivity contribution in [1.29, 1.82) is 0 Å². The Morgan fingerprint density at radius 1 is 1.16 bits per heavy atom. The second-order valence-corrected chi connectivity index (χ2v) is 10.9. The number of piperazine rings is 1. The quantitative estimate of drug-likeness (QED) is 0.590. The third-order valence-electron chi connectivity index (χ3n) is 6.56. The van der Waals surface area contributed by atoms with Gasteiger partial charge in [0.15, 0.2) is 15.4 Å². The second kappa shape index (κ2) is 7.91. The highest BCUT2D eigenvalue weighted by Crippen LogP contribution is 2.31. The third-order valence-corrected chi connectivity index (χ3v) is 8.31. The number of para-hydroxylation sites is 1. The molecule has 1 amide bonds. The Labute approximate surface area is 186 Å². The van der Waals surface area contributed by atoms with E-state index in [2.05, 4.69) is 15.2 Å². The zero-order chi connectivity index (χ0) is 22.5. The van der Waals surface area contributed by atoms with E-state index in [0.717, 1.165) is 22.5 Å². The predicted molar refractivity (Wildman–Crippen MR) is 121 cm³/mol. The average molecular weight is 458 g/mol. The lowest BCUT2D eigenvalue weighted by Crippen LogP contribution is -2.49. The summed E-state index contributed by atoms with van der Waals surface area (Å²) in [6, 6.07) is 7.48. The number of hydrogen-bond acceptors (Lipinski definition) is 7. The fourth-order valence-corrected chi connectivity index (χ4v) is 6.63. The zero-order valence-electron chi connectivity index (χ0n) is 18.3. The molecule has 0 saturated carbocycles. The van der Waals surface area contributed by atoms with Gasteiger partial charge in [-0.2, -0.15) is 5.10 Å². The predicted octanol–water partition coefficient (Wildman–Crippen LogP) is 1.89. The number of nitrogens with zero attached hydrogens (tertiary/aromatic N) is 5. The van der Waals surface area contributed by atoms with Crippen molar-refractivity contribution in [2.75, 3.05) is 42.6 Å². The Morgan fingerprint density at radius 3 is 2.62 bits per heavy atom. The van der Waals surface area contributed by atoms with E-state index in [-0.39, 0.29) is 29.9 Å². The van der Waals surface area contributed by atoms with Gasteiger partial charge in [-0.05, 0) is 32.4 Å². The van der Waals surface area contributed by atoms with Crippen molar-refractivity contribution in [2.24, 2.45) is 0 Å². The van der Waals surface area contributed by atoms with Gasteiger partial charge >= 0.3 is 0 Å². The van der Waals surface area contributed by atoms with Crippen LogP contribution in [0.25, 0.3) is 11.0 Å². The summed E-state index contributed by atoms with van der Waals surface area (Å²) in [5.41, 5.74) is 4.33. The van der Waals surface area contributed by atoms with E-state index in [1.807, 2.05) is 47.7 Å². The fraction of sp³-hybridized carbons (Fsp3) is 0.500. The van der Waals surface area contributed by atoms with Gasteiger partial charge in [0, 0.05) is 31.6 Å². The number of hydrogen-bond donors (Lipinski definition) is 0. The van der Waals surface area contributed by atoms with Crippen LogP contribution in [-0.2, 0) is 21.1 Å². The first kappa shape index (κ1) is 21.0. The van der Waals surface area contributed by atoms with E-state index in [1.165, 1.54) is 0 Å². The largest absolute Gasteiger partial charge is 0.365 e. The smallest absolute Gasteiger partial charge is 0.228 e. The van der Waals surface area contributed by atoms with Crippen molar-refractivity contribution in [1.82, 2.24) is 19.8 Å². The molecule has 3 aromatic rings. The number of carbonyl (C=O) groups excluding carboxylic acids is 1. The van der Waals surface area contributed by atoms with Gasteiger partial charge in [0.1, 0.15) is 5.69 Å². The van der Waals surface area contributed by atoms with Gasteiger partial charge in [-0.3, -0.25) is 9.48 Å². The minimum Gasteiger partial charge on any atom is -0.365 e. The number of sulfone groups is 1. The van der Waals surface area contributed by atoms with Crippen molar-refractivity contribution >= 4 is 32.4 Å². The van der Waals surface area contributed by atoms with E-state index in [4.69, 9.17) is 4.52 Å². The van der Waals surface area contributed by atoms with Crippen LogP contribution in [0.2, 0.25) is 0 Å². The summed E-state index contributed by atoms with van der Waals surface area (Å²) in [6.07, 6.45) is 0.839. The average Bonchev–Trinajstić information content (AvgIpc) is 3.43. The molecule has 2 aliphatic rings. The summed E-state index contributed by atoms with van der Waals surface area (Å²) in [6.45, 7) is 6.64. The summed E-state index contributed by atoms with van der Waals surface area (Å²) in [5.74, 6) is 0.435. The van der Waals surface area contributed by atoms with E-state index in [0.29, 0.717) is 43.9 Å². The summed E-state index contributed by atoms with van der Waals surface area (Å²) < 4.78 is 31.0. The van der Waals surface area contributed by atoms with Crippen molar-refractivity contribution in [2.45, 2.75) is 32.7 Å². The molecule has 2 aromatic heterocycles. The van der Waals surface area contributed by atoms with Gasteiger partial charge in [0.25, 0.3) is 0 Å². The lowest BCUT2D eigenvalue weighted by Gasteiger charge is -2.36. The van der Waals surface area contributed by atoms with Crippen molar-refractivity contribution in [3.05, 3.63) is 41.3 Å². The molecule has 1 atom stereocenters.